The van der Waals surface area contributed by atoms with Crippen molar-refractivity contribution in [2.45, 2.75) is 64.4 Å². The minimum absolute atomic E-state index is 0.0860. The van der Waals surface area contributed by atoms with E-state index in [0.29, 0.717) is 23.8 Å². The lowest BCUT2D eigenvalue weighted by Crippen LogP contribution is -2.26. The van der Waals surface area contributed by atoms with Gasteiger partial charge in [0, 0.05) is 24.4 Å². The fraction of sp³-hybridized carbons (Fsp3) is 0.458. The van der Waals surface area contributed by atoms with Gasteiger partial charge in [0.1, 0.15) is 5.60 Å². The molecule has 0 radical (unpaired) electrons. The number of nitrogens with two attached hydrogens (primary N) is 1. The minimum atomic E-state index is -0.473. The van der Waals surface area contributed by atoms with Crippen molar-refractivity contribution in [1.29, 1.82) is 0 Å². The van der Waals surface area contributed by atoms with Crippen LogP contribution in [0, 0.1) is 5.92 Å². The fourth-order valence-corrected chi connectivity index (χ4v) is 4.00. The Kier molecular flexibility index (Phi) is 6.36. The Morgan fingerprint density at radius 1 is 1.03 bits per heavy atom. The lowest BCUT2D eigenvalue weighted by atomic mass is 9.77. The van der Waals surface area contributed by atoms with E-state index in [0.717, 1.165) is 36.8 Å². The third-order valence-electron chi connectivity index (χ3n) is 5.46. The summed E-state index contributed by atoms with van der Waals surface area (Å²) < 4.78 is 5.46. The zero-order chi connectivity index (χ0) is 21.0. The number of benzene rings is 1. The number of hydrogen-bond acceptors (Lipinski definition) is 4. The molecule has 0 aliphatic heterocycles. The summed E-state index contributed by atoms with van der Waals surface area (Å²) >= 11 is 0. The molecule has 2 aromatic rings. The van der Waals surface area contributed by atoms with E-state index >= 15 is 0 Å². The van der Waals surface area contributed by atoms with Gasteiger partial charge in [0.2, 0.25) is 5.91 Å². The molecule has 0 bridgehead atoms. The van der Waals surface area contributed by atoms with Crippen molar-refractivity contribution in [2.75, 3.05) is 0 Å². The molecule has 0 saturated heterocycles. The SMILES string of the molecule is CC(C)(C)OC(=O)CC1CCC(c2ccc(-c3cncc(C(N)=O)c3)cc2)CC1. The highest BCUT2D eigenvalue weighted by molar-refractivity contribution is 5.93. The molecule has 5 heteroatoms. The van der Waals surface area contributed by atoms with E-state index in [1.54, 1.807) is 12.3 Å². The van der Waals surface area contributed by atoms with E-state index in [1.165, 1.54) is 11.8 Å². The topological polar surface area (TPSA) is 82.3 Å². The van der Waals surface area contributed by atoms with Crippen molar-refractivity contribution >= 4 is 11.9 Å². The molecule has 2 N–H and O–H groups in total. The number of hydrogen-bond donors (Lipinski definition) is 1. The highest BCUT2D eigenvalue weighted by Crippen LogP contribution is 2.38. The molecule has 0 atom stereocenters. The molecule has 154 valence electrons. The highest BCUT2D eigenvalue weighted by atomic mass is 16.6. The average molecular weight is 395 g/mol. The number of carbonyl (C=O) groups is 2. The first kappa shape index (κ1) is 21.0. The number of nitrogens with zero attached hydrogens (tertiary/aromatic N) is 1. The van der Waals surface area contributed by atoms with Gasteiger partial charge in [0.05, 0.1) is 5.56 Å². The quantitative estimate of drug-likeness (QED) is 0.735. The second-order valence-electron chi connectivity index (χ2n) is 8.96. The summed E-state index contributed by atoms with van der Waals surface area (Å²) in [5, 5.41) is 0. The first-order valence-electron chi connectivity index (χ1n) is 10.3. The Hall–Kier alpha value is -2.69. The van der Waals surface area contributed by atoms with Gasteiger partial charge in [-0.15, -0.1) is 0 Å². The molecule has 1 amide bonds. The normalized spacial score (nSPS) is 19.6. The number of pyridine rings is 1. The maximum Gasteiger partial charge on any atom is 0.306 e. The fourth-order valence-electron chi connectivity index (χ4n) is 4.00. The summed E-state index contributed by atoms with van der Waals surface area (Å²) in [6.45, 7) is 5.73. The number of carbonyl (C=O) groups excluding carboxylic acids is 2. The summed E-state index contributed by atoms with van der Waals surface area (Å²) in [6.07, 6.45) is 8.02. The number of amides is 1. The molecule has 1 aliphatic rings. The van der Waals surface area contributed by atoms with Crippen molar-refractivity contribution in [3.05, 3.63) is 53.9 Å². The van der Waals surface area contributed by atoms with Gasteiger partial charge in [0.25, 0.3) is 0 Å². The summed E-state index contributed by atoms with van der Waals surface area (Å²) in [6, 6.07) is 10.2. The van der Waals surface area contributed by atoms with Crippen LogP contribution in [-0.4, -0.2) is 22.5 Å². The second-order valence-corrected chi connectivity index (χ2v) is 8.96. The van der Waals surface area contributed by atoms with Gasteiger partial charge >= 0.3 is 5.97 Å². The van der Waals surface area contributed by atoms with E-state index in [4.69, 9.17) is 10.5 Å². The zero-order valence-electron chi connectivity index (χ0n) is 17.5. The lowest BCUT2D eigenvalue weighted by Gasteiger charge is -2.29. The lowest BCUT2D eigenvalue weighted by molar-refractivity contribution is -0.156. The van der Waals surface area contributed by atoms with Crippen LogP contribution < -0.4 is 5.73 Å². The van der Waals surface area contributed by atoms with Crippen LogP contribution in [0.15, 0.2) is 42.7 Å². The van der Waals surface area contributed by atoms with Crippen LogP contribution in [0.5, 0.6) is 0 Å². The van der Waals surface area contributed by atoms with Crippen LogP contribution in [-0.2, 0) is 9.53 Å². The van der Waals surface area contributed by atoms with Gasteiger partial charge < -0.3 is 10.5 Å². The molecule has 1 aliphatic carbocycles. The van der Waals surface area contributed by atoms with Crippen LogP contribution in [0.4, 0.5) is 0 Å². The molecular formula is C24H30N2O3. The Bertz CT molecular complexity index is 860. The van der Waals surface area contributed by atoms with Crippen molar-refractivity contribution < 1.29 is 14.3 Å². The first-order valence-corrected chi connectivity index (χ1v) is 10.3. The van der Waals surface area contributed by atoms with Gasteiger partial charge in [-0.3, -0.25) is 14.6 Å². The van der Waals surface area contributed by atoms with Crippen molar-refractivity contribution in [2.24, 2.45) is 11.7 Å². The third kappa shape index (κ3) is 5.89. The van der Waals surface area contributed by atoms with E-state index in [2.05, 4.69) is 29.2 Å². The first-order chi connectivity index (χ1) is 13.7. The van der Waals surface area contributed by atoms with Crippen LogP contribution >= 0.6 is 0 Å². The molecule has 29 heavy (non-hydrogen) atoms. The number of ether oxygens (including phenoxy) is 1. The van der Waals surface area contributed by atoms with E-state index < -0.39 is 11.5 Å². The second kappa shape index (κ2) is 8.76. The zero-order valence-corrected chi connectivity index (χ0v) is 17.5. The predicted molar refractivity (Wildman–Crippen MR) is 113 cm³/mol. The van der Waals surface area contributed by atoms with Crippen molar-refractivity contribution in [3.63, 3.8) is 0 Å². The summed E-state index contributed by atoms with van der Waals surface area (Å²) in [5.41, 5.74) is 8.57. The van der Waals surface area contributed by atoms with E-state index in [1.807, 2.05) is 20.8 Å². The molecule has 1 aromatic heterocycles. The standard InChI is InChI=1S/C24H30N2O3/c1-24(2,3)29-22(27)12-16-4-6-17(7-5-16)18-8-10-19(11-9-18)20-13-21(23(25)28)15-26-14-20/h8-11,13-17H,4-7,12H2,1-3H3,(H2,25,28). The van der Waals surface area contributed by atoms with Crippen LogP contribution in [0.2, 0.25) is 0 Å². The molecule has 0 spiro atoms. The van der Waals surface area contributed by atoms with Gasteiger partial charge in [-0.1, -0.05) is 24.3 Å². The average Bonchev–Trinajstić information content (AvgIpc) is 2.67. The molecule has 1 heterocycles. The van der Waals surface area contributed by atoms with Gasteiger partial charge in [-0.2, -0.15) is 0 Å². The third-order valence-corrected chi connectivity index (χ3v) is 5.46. The monoisotopic (exact) mass is 394 g/mol. The summed E-state index contributed by atoms with van der Waals surface area (Å²) in [5.74, 6) is 0.383. The molecule has 3 rings (SSSR count). The molecule has 0 unspecified atom stereocenters. The highest BCUT2D eigenvalue weighted by Gasteiger charge is 2.26. The van der Waals surface area contributed by atoms with E-state index in [-0.39, 0.29) is 5.97 Å². The van der Waals surface area contributed by atoms with E-state index in [9.17, 15) is 9.59 Å². The Labute approximate surface area is 172 Å². The Morgan fingerprint density at radius 3 is 2.28 bits per heavy atom. The van der Waals surface area contributed by atoms with Crippen LogP contribution in [0.3, 0.4) is 0 Å². The van der Waals surface area contributed by atoms with Gasteiger partial charge in [0.15, 0.2) is 0 Å². The van der Waals surface area contributed by atoms with Gasteiger partial charge in [-0.25, -0.2) is 0 Å². The number of rotatable bonds is 5. The van der Waals surface area contributed by atoms with Crippen molar-refractivity contribution in [3.8, 4) is 11.1 Å². The number of aromatic nitrogens is 1. The Balaban J connectivity index is 1.57. The maximum absolute atomic E-state index is 12.1. The molecule has 1 aromatic carbocycles. The molecule has 5 nitrogen and oxygen atoms in total. The van der Waals surface area contributed by atoms with Crippen LogP contribution in [0.25, 0.3) is 11.1 Å². The largest absolute Gasteiger partial charge is 0.460 e. The molecule has 1 fully saturated rings. The summed E-state index contributed by atoms with van der Waals surface area (Å²) in [7, 11) is 0. The number of primary amides is 1. The van der Waals surface area contributed by atoms with Crippen molar-refractivity contribution in [1.82, 2.24) is 4.98 Å². The maximum atomic E-state index is 12.1. The minimum Gasteiger partial charge on any atom is -0.460 e. The summed E-state index contributed by atoms with van der Waals surface area (Å²) in [4.78, 5) is 27.5. The number of esters is 1. The van der Waals surface area contributed by atoms with Gasteiger partial charge in [-0.05, 0) is 75.5 Å². The smallest absolute Gasteiger partial charge is 0.306 e. The predicted octanol–water partition coefficient (Wildman–Crippen LogP) is 4.85. The van der Waals surface area contributed by atoms with Crippen LogP contribution in [0.1, 0.15) is 74.7 Å². The molecule has 1 saturated carbocycles. The molecular weight excluding hydrogens is 364 g/mol. The Morgan fingerprint density at radius 2 is 1.69 bits per heavy atom.